The first-order chi connectivity index (χ1) is 30.7. The molecule has 4 nitrogen and oxygen atoms in total. The van der Waals surface area contributed by atoms with Crippen LogP contribution in [0.15, 0.2) is 144 Å². The molecule has 7 aromatic carbocycles. The van der Waals surface area contributed by atoms with Gasteiger partial charge >= 0.3 is 0 Å². The van der Waals surface area contributed by atoms with E-state index < -0.39 is 0 Å². The first-order valence-electron chi connectivity index (χ1n) is 23.6. The van der Waals surface area contributed by atoms with Crippen LogP contribution in [-0.4, -0.2) is 12.3 Å². The van der Waals surface area contributed by atoms with Gasteiger partial charge in [0.15, 0.2) is 5.58 Å². The van der Waals surface area contributed by atoms with Crippen LogP contribution in [0.2, 0.25) is 0 Å². The Hall–Kier alpha value is -6.20. The maximum atomic E-state index is 7.16. The normalized spacial score (nSPS) is 19.7. The van der Waals surface area contributed by atoms with Crippen LogP contribution >= 0.6 is 0 Å². The highest BCUT2D eigenvalue weighted by Gasteiger charge is 2.62. The van der Waals surface area contributed by atoms with Crippen molar-refractivity contribution in [2.24, 2.45) is 0 Å². The minimum Gasteiger partial charge on any atom is -0.454 e. The molecule has 1 aromatic heterocycles. The SMILES string of the molecule is Cc1cc(C(C)(C)C)ccc1N1c2cc(N(c3ccccc3)c3ccccc3)cc3c2B(c2cc(C(C)(C)C)cc4c2N3C2(C)CCCCC42C)c2ccc3c(oc4ccccc43)c21. The zero-order valence-corrected chi connectivity index (χ0v) is 38.9. The topological polar surface area (TPSA) is 22.9 Å². The Morgan fingerprint density at radius 2 is 1.23 bits per heavy atom. The Kier molecular flexibility index (Phi) is 8.26. The maximum absolute atomic E-state index is 7.16. The van der Waals surface area contributed by atoms with Gasteiger partial charge in [0.2, 0.25) is 0 Å². The summed E-state index contributed by atoms with van der Waals surface area (Å²) in [4.78, 5) is 7.94. The van der Waals surface area contributed by atoms with Gasteiger partial charge in [-0.05, 0) is 125 Å². The Labute approximate surface area is 379 Å². The fourth-order valence-electron chi connectivity index (χ4n) is 12.4. The third-order valence-electron chi connectivity index (χ3n) is 16.0. The molecule has 2 atom stereocenters. The molecule has 0 N–H and O–H groups in total. The van der Waals surface area contributed by atoms with Gasteiger partial charge in [-0.2, -0.15) is 0 Å². The number of para-hydroxylation sites is 3. The van der Waals surface area contributed by atoms with Gasteiger partial charge in [-0.1, -0.05) is 152 Å². The quantitative estimate of drug-likeness (QED) is 0.165. The van der Waals surface area contributed by atoms with Crippen LogP contribution in [0.3, 0.4) is 0 Å². The molecule has 0 amide bonds. The summed E-state index contributed by atoms with van der Waals surface area (Å²) in [5.74, 6) is 0. The number of hydrogen-bond acceptors (Lipinski definition) is 4. The first-order valence-corrected chi connectivity index (χ1v) is 23.6. The molecule has 0 radical (unpaired) electrons. The number of rotatable bonds is 4. The van der Waals surface area contributed by atoms with Crippen molar-refractivity contribution in [1.29, 1.82) is 0 Å². The molecule has 1 saturated carbocycles. The van der Waals surface area contributed by atoms with Gasteiger partial charge in [0, 0.05) is 50.3 Å². The summed E-state index contributed by atoms with van der Waals surface area (Å²) in [7, 11) is 0. The minimum absolute atomic E-state index is 0.00909. The lowest BCUT2D eigenvalue weighted by atomic mass is 9.33. The molecule has 8 aromatic rings. The zero-order valence-electron chi connectivity index (χ0n) is 38.9. The van der Waals surface area contributed by atoms with E-state index in [1.54, 1.807) is 0 Å². The fourth-order valence-corrected chi connectivity index (χ4v) is 12.4. The number of benzene rings is 7. The highest BCUT2D eigenvalue weighted by Crippen LogP contribution is 2.63. The standard InChI is InChI=1S/C59H58BN3O/c1-37-32-38(56(2,3)4)26-29-48(37)62-49-35-42(61(40-20-12-10-13-21-40)41-22-14-11-15-23-41)36-50-52(49)60(46-28-27-44-43-24-16-17-25-51(43)64-55(44)54(46)62)47-34-39(57(5,6)7)33-45-53(47)63(50)59(9)31-19-18-30-58(45,59)8/h10-17,20-29,32-36H,18-19,30-31H2,1-9H3. The molecule has 3 aliphatic heterocycles. The number of aryl methyl sites for hydroxylation is 1. The smallest absolute Gasteiger partial charge is 0.252 e. The summed E-state index contributed by atoms with van der Waals surface area (Å²) < 4.78 is 7.16. The maximum Gasteiger partial charge on any atom is 0.252 e. The van der Waals surface area contributed by atoms with Crippen LogP contribution in [0.1, 0.15) is 103 Å². The summed E-state index contributed by atoms with van der Waals surface area (Å²) in [6.07, 6.45) is 4.78. The molecule has 12 rings (SSSR count). The molecule has 2 unspecified atom stereocenters. The molecule has 1 aliphatic carbocycles. The van der Waals surface area contributed by atoms with Gasteiger partial charge in [-0.15, -0.1) is 0 Å². The van der Waals surface area contributed by atoms with Crippen LogP contribution in [0, 0.1) is 6.92 Å². The van der Waals surface area contributed by atoms with Crippen molar-refractivity contribution in [1.82, 2.24) is 0 Å². The van der Waals surface area contributed by atoms with Crippen molar-refractivity contribution < 1.29 is 4.42 Å². The van der Waals surface area contributed by atoms with Crippen molar-refractivity contribution >= 4 is 90.5 Å². The molecule has 0 saturated heterocycles. The van der Waals surface area contributed by atoms with Crippen molar-refractivity contribution in [3.8, 4) is 0 Å². The van der Waals surface area contributed by atoms with E-state index in [-0.39, 0.29) is 28.5 Å². The lowest BCUT2D eigenvalue weighted by molar-refractivity contribution is 0.195. The van der Waals surface area contributed by atoms with E-state index in [0.29, 0.717) is 0 Å². The molecular weight excluding hydrogens is 777 g/mol. The predicted octanol–water partition coefficient (Wildman–Crippen LogP) is 14.3. The average molecular weight is 836 g/mol. The monoisotopic (exact) mass is 835 g/mol. The van der Waals surface area contributed by atoms with Crippen molar-refractivity contribution in [2.75, 3.05) is 14.7 Å². The molecule has 4 aliphatic rings. The lowest BCUT2D eigenvalue weighted by Gasteiger charge is -2.53. The van der Waals surface area contributed by atoms with Crippen LogP contribution in [0.4, 0.5) is 45.5 Å². The zero-order chi connectivity index (χ0) is 44.1. The first kappa shape index (κ1) is 39.4. The average Bonchev–Trinajstić information content (AvgIpc) is 3.76. The Morgan fingerprint density at radius 1 is 0.578 bits per heavy atom. The second-order valence-corrected chi connectivity index (χ2v) is 21.8. The Morgan fingerprint density at radius 3 is 1.92 bits per heavy atom. The van der Waals surface area contributed by atoms with Gasteiger partial charge in [0.1, 0.15) is 5.58 Å². The van der Waals surface area contributed by atoms with E-state index in [1.165, 1.54) is 80.7 Å². The number of nitrogens with zero attached hydrogens (tertiary/aromatic N) is 3. The van der Waals surface area contributed by atoms with Crippen LogP contribution in [-0.2, 0) is 16.2 Å². The minimum atomic E-state index is -0.126. The van der Waals surface area contributed by atoms with E-state index in [2.05, 4.69) is 217 Å². The highest BCUT2D eigenvalue weighted by atomic mass is 16.3. The number of fused-ring (bicyclic) bond motifs is 11. The summed E-state index contributed by atoms with van der Waals surface area (Å²) >= 11 is 0. The largest absolute Gasteiger partial charge is 0.454 e. The van der Waals surface area contributed by atoms with Crippen molar-refractivity contribution in [3.63, 3.8) is 0 Å². The number of hydrogen-bond donors (Lipinski definition) is 0. The van der Waals surface area contributed by atoms with E-state index in [1.807, 2.05) is 0 Å². The van der Waals surface area contributed by atoms with Gasteiger partial charge in [-0.3, -0.25) is 0 Å². The van der Waals surface area contributed by atoms with Gasteiger partial charge < -0.3 is 19.1 Å². The van der Waals surface area contributed by atoms with E-state index >= 15 is 0 Å². The van der Waals surface area contributed by atoms with Gasteiger partial charge in [-0.25, -0.2) is 0 Å². The second-order valence-electron chi connectivity index (χ2n) is 21.8. The molecule has 318 valence electrons. The molecule has 5 heteroatoms. The van der Waals surface area contributed by atoms with E-state index in [4.69, 9.17) is 4.42 Å². The summed E-state index contributed by atoms with van der Waals surface area (Å²) in [5.41, 5.74) is 21.0. The van der Waals surface area contributed by atoms with Crippen LogP contribution < -0.4 is 31.1 Å². The number of anilines is 8. The Balaban J connectivity index is 1.27. The molecule has 0 spiro atoms. The lowest BCUT2D eigenvalue weighted by Crippen LogP contribution is -2.64. The highest BCUT2D eigenvalue weighted by molar-refractivity contribution is 7.00. The molecule has 64 heavy (non-hydrogen) atoms. The fraction of sp³-hybridized carbons (Fsp3) is 0.288. The molecular formula is C59H58BN3O. The van der Waals surface area contributed by atoms with Gasteiger partial charge in [0.05, 0.1) is 16.9 Å². The third kappa shape index (κ3) is 5.36. The van der Waals surface area contributed by atoms with Crippen molar-refractivity contribution in [2.45, 2.75) is 110 Å². The third-order valence-corrected chi connectivity index (χ3v) is 16.0. The Bertz CT molecular complexity index is 3170. The van der Waals surface area contributed by atoms with E-state index in [9.17, 15) is 0 Å². The van der Waals surface area contributed by atoms with Crippen LogP contribution in [0.25, 0.3) is 21.9 Å². The van der Waals surface area contributed by atoms with Crippen LogP contribution in [0.5, 0.6) is 0 Å². The molecule has 4 heterocycles. The molecule has 0 bridgehead atoms. The summed E-state index contributed by atoms with van der Waals surface area (Å²) in [5, 5.41) is 2.30. The summed E-state index contributed by atoms with van der Waals surface area (Å²) in [6, 6.07) is 52.7. The summed E-state index contributed by atoms with van der Waals surface area (Å²) in [6.45, 7) is 21.6. The van der Waals surface area contributed by atoms with Crippen molar-refractivity contribution in [3.05, 3.63) is 162 Å². The van der Waals surface area contributed by atoms with E-state index in [0.717, 1.165) is 51.1 Å². The molecule has 1 fully saturated rings. The van der Waals surface area contributed by atoms with Gasteiger partial charge in [0.25, 0.3) is 6.71 Å². The second kappa shape index (κ2) is 13.4. The predicted molar refractivity (Wildman–Crippen MR) is 273 cm³/mol. The number of furan rings is 1.